The van der Waals surface area contributed by atoms with Crippen molar-refractivity contribution in [2.24, 2.45) is 0 Å². The fourth-order valence-electron chi connectivity index (χ4n) is 2.57. The smallest absolute Gasteiger partial charge is 0.322 e. The SMILES string of the molecule is CC1=C(Nc2ccc(I)cc2F)C([N+](=O)[O-])=C2SCCN2C1O. The van der Waals surface area contributed by atoms with Gasteiger partial charge in [-0.25, -0.2) is 4.39 Å². The van der Waals surface area contributed by atoms with E-state index in [4.69, 9.17) is 0 Å². The summed E-state index contributed by atoms with van der Waals surface area (Å²) in [5, 5.41) is 25.1. The molecule has 0 amide bonds. The van der Waals surface area contributed by atoms with Crippen molar-refractivity contribution in [3.05, 3.63) is 59.7 Å². The number of nitrogens with zero attached hydrogens (tertiary/aromatic N) is 2. The van der Waals surface area contributed by atoms with Crippen LogP contribution in [0.1, 0.15) is 6.92 Å². The number of hydrogen-bond acceptors (Lipinski definition) is 6. The minimum absolute atomic E-state index is 0.117. The summed E-state index contributed by atoms with van der Waals surface area (Å²) in [6.07, 6.45) is -0.946. The van der Waals surface area contributed by atoms with Gasteiger partial charge in [0.1, 0.15) is 11.5 Å². The van der Waals surface area contributed by atoms with Crippen molar-refractivity contribution in [3.63, 3.8) is 0 Å². The third-order valence-corrected chi connectivity index (χ3v) is 5.48. The summed E-state index contributed by atoms with van der Waals surface area (Å²) in [5.41, 5.74) is 0.584. The van der Waals surface area contributed by atoms with Gasteiger partial charge in [-0.15, -0.1) is 0 Å². The highest BCUT2D eigenvalue weighted by Crippen LogP contribution is 2.41. The van der Waals surface area contributed by atoms with Crippen LogP contribution in [0.5, 0.6) is 0 Å². The lowest BCUT2D eigenvalue weighted by molar-refractivity contribution is -0.423. The fourth-order valence-corrected chi connectivity index (χ4v) is 4.18. The topological polar surface area (TPSA) is 78.6 Å². The highest BCUT2D eigenvalue weighted by Gasteiger charge is 2.41. The Morgan fingerprint density at radius 3 is 2.96 bits per heavy atom. The third-order valence-electron chi connectivity index (χ3n) is 3.72. The Balaban J connectivity index is 2.07. The van der Waals surface area contributed by atoms with Crippen LogP contribution >= 0.6 is 34.4 Å². The summed E-state index contributed by atoms with van der Waals surface area (Å²) in [5.74, 6) is 0.170. The number of aliphatic hydroxyl groups is 1. The van der Waals surface area contributed by atoms with Crippen molar-refractivity contribution in [2.75, 3.05) is 17.6 Å². The summed E-state index contributed by atoms with van der Waals surface area (Å²) < 4.78 is 14.8. The second kappa shape index (κ2) is 6.29. The number of nitrogens with one attached hydrogen (secondary N) is 1. The van der Waals surface area contributed by atoms with E-state index in [1.807, 2.05) is 22.6 Å². The van der Waals surface area contributed by atoms with Crippen molar-refractivity contribution in [1.29, 1.82) is 0 Å². The van der Waals surface area contributed by atoms with E-state index >= 15 is 0 Å². The maximum atomic E-state index is 14.1. The number of halogens is 2. The Morgan fingerprint density at radius 2 is 2.30 bits per heavy atom. The Kier molecular flexibility index (Phi) is 4.52. The number of anilines is 1. The normalized spacial score (nSPS) is 20.9. The van der Waals surface area contributed by atoms with Gasteiger partial charge in [0.05, 0.1) is 10.6 Å². The van der Waals surface area contributed by atoms with Gasteiger partial charge < -0.3 is 15.3 Å². The minimum Gasteiger partial charge on any atom is -0.369 e. The number of benzene rings is 1. The fraction of sp³-hybridized carbons (Fsp3) is 0.286. The zero-order valence-electron chi connectivity index (χ0n) is 12.0. The van der Waals surface area contributed by atoms with Crippen LogP contribution in [0.4, 0.5) is 10.1 Å². The van der Waals surface area contributed by atoms with Crippen LogP contribution in [0.15, 0.2) is 40.2 Å². The van der Waals surface area contributed by atoms with Crippen LogP contribution in [-0.4, -0.2) is 33.5 Å². The molecule has 3 rings (SSSR count). The van der Waals surface area contributed by atoms with E-state index in [0.717, 1.165) is 3.57 Å². The number of fused-ring (bicyclic) bond motifs is 1. The first-order valence-electron chi connectivity index (χ1n) is 6.79. The molecular formula is C14H13FIN3O3S. The molecule has 1 aromatic carbocycles. The van der Waals surface area contributed by atoms with Crippen LogP contribution in [0.2, 0.25) is 0 Å². The number of hydrogen-bond donors (Lipinski definition) is 2. The molecular weight excluding hydrogens is 436 g/mol. The number of thioether (sulfide) groups is 1. The van der Waals surface area contributed by atoms with E-state index in [1.165, 1.54) is 23.9 Å². The van der Waals surface area contributed by atoms with Crippen LogP contribution < -0.4 is 5.32 Å². The van der Waals surface area contributed by atoms with Crippen molar-refractivity contribution in [3.8, 4) is 0 Å². The standard InChI is InChI=1S/C14H13FIN3O3S/c1-7-11(17-10-3-2-8(16)6-9(10)15)12(19(21)22)14-18(13(7)20)4-5-23-14/h2-3,6,13,17,20H,4-5H2,1H3. The van der Waals surface area contributed by atoms with Crippen LogP contribution in [-0.2, 0) is 0 Å². The molecule has 1 fully saturated rings. The average Bonchev–Trinajstić information content (AvgIpc) is 2.96. The van der Waals surface area contributed by atoms with Crippen molar-refractivity contribution >= 4 is 40.0 Å². The van der Waals surface area contributed by atoms with Crippen molar-refractivity contribution in [2.45, 2.75) is 13.2 Å². The molecule has 9 heteroatoms. The molecule has 122 valence electrons. The molecule has 0 spiro atoms. The molecule has 0 saturated carbocycles. The molecule has 2 aliphatic heterocycles. The molecule has 1 unspecified atom stereocenters. The van der Waals surface area contributed by atoms with Gasteiger partial charge in [0.25, 0.3) is 0 Å². The summed E-state index contributed by atoms with van der Waals surface area (Å²) in [6, 6.07) is 4.57. The molecule has 23 heavy (non-hydrogen) atoms. The summed E-state index contributed by atoms with van der Waals surface area (Å²) in [6.45, 7) is 2.15. The molecule has 0 radical (unpaired) electrons. The third kappa shape index (κ3) is 2.92. The second-order valence-electron chi connectivity index (χ2n) is 5.13. The van der Waals surface area contributed by atoms with E-state index in [2.05, 4.69) is 5.32 Å². The van der Waals surface area contributed by atoms with Gasteiger partial charge in [0, 0.05) is 21.4 Å². The second-order valence-corrected chi connectivity index (χ2v) is 7.46. The van der Waals surface area contributed by atoms with Gasteiger partial charge in [-0.2, -0.15) is 0 Å². The molecule has 2 aliphatic rings. The van der Waals surface area contributed by atoms with Crippen LogP contribution in [0.3, 0.4) is 0 Å². The minimum atomic E-state index is -0.946. The Bertz CT molecular complexity index is 753. The molecule has 2 heterocycles. The monoisotopic (exact) mass is 449 g/mol. The molecule has 2 N–H and O–H groups in total. The first-order chi connectivity index (χ1) is 10.9. The van der Waals surface area contributed by atoms with E-state index in [9.17, 15) is 19.6 Å². The highest BCUT2D eigenvalue weighted by atomic mass is 127. The molecule has 1 atom stereocenters. The number of nitro groups is 1. The molecule has 1 saturated heterocycles. The first kappa shape index (κ1) is 16.5. The van der Waals surface area contributed by atoms with Crippen molar-refractivity contribution in [1.82, 2.24) is 4.90 Å². The van der Waals surface area contributed by atoms with Gasteiger partial charge in [-0.3, -0.25) is 10.1 Å². The van der Waals surface area contributed by atoms with E-state index in [1.54, 1.807) is 17.9 Å². The molecule has 1 aromatic rings. The summed E-state index contributed by atoms with van der Waals surface area (Å²) in [4.78, 5) is 12.7. The quantitative estimate of drug-likeness (QED) is 0.420. The zero-order valence-corrected chi connectivity index (χ0v) is 15.0. The molecule has 6 nitrogen and oxygen atoms in total. The predicted molar refractivity (Wildman–Crippen MR) is 94.6 cm³/mol. The molecule has 0 aliphatic carbocycles. The van der Waals surface area contributed by atoms with E-state index in [0.29, 0.717) is 22.9 Å². The van der Waals surface area contributed by atoms with Gasteiger partial charge >= 0.3 is 5.70 Å². The van der Waals surface area contributed by atoms with Gasteiger partial charge in [-0.05, 0) is 47.7 Å². The first-order valence-corrected chi connectivity index (χ1v) is 8.86. The Morgan fingerprint density at radius 1 is 1.57 bits per heavy atom. The van der Waals surface area contributed by atoms with Crippen molar-refractivity contribution < 1.29 is 14.4 Å². The lowest BCUT2D eigenvalue weighted by Gasteiger charge is -2.31. The summed E-state index contributed by atoms with van der Waals surface area (Å²) >= 11 is 3.31. The van der Waals surface area contributed by atoms with Crippen LogP contribution in [0, 0.1) is 19.5 Å². The number of rotatable bonds is 3. The maximum absolute atomic E-state index is 14.1. The Hall–Kier alpha value is -1.33. The van der Waals surface area contributed by atoms with Gasteiger partial charge in [0.2, 0.25) is 0 Å². The maximum Gasteiger partial charge on any atom is 0.322 e. The summed E-state index contributed by atoms with van der Waals surface area (Å²) in [7, 11) is 0. The number of aliphatic hydroxyl groups excluding tert-OH is 1. The Labute approximate surface area is 149 Å². The van der Waals surface area contributed by atoms with E-state index < -0.39 is 17.0 Å². The molecule has 0 bridgehead atoms. The van der Waals surface area contributed by atoms with E-state index in [-0.39, 0.29) is 17.1 Å². The largest absolute Gasteiger partial charge is 0.369 e. The zero-order chi connectivity index (χ0) is 16.7. The van der Waals surface area contributed by atoms with Gasteiger partial charge in [0.15, 0.2) is 11.3 Å². The predicted octanol–water partition coefficient (Wildman–Crippen LogP) is 2.94. The lowest BCUT2D eigenvalue weighted by Crippen LogP contribution is -2.39. The average molecular weight is 449 g/mol. The molecule has 0 aromatic heterocycles. The van der Waals surface area contributed by atoms with Crippen LogP contribution in [0.25, 0.3) is 0 Å². The highest BCUT2D eigenvalue weighted by molar-refractivity contribution is 14.1. The van der Waals surface area contributed by atoms with Gasteiger partial charge in [-0.1, -0.05) is 11.8 Å². The lowest BCUT2D eigenvalue weighted by atomic mass is 10.1.